The molecule has 2 rings (SSSR count). The summed E-state index contributed by atoms with van der Waals surface area (Å²) in [4.78, 5) is 11.5. The number of hydrogen-bond donors (Lipinski definition) is 2. The number of Topliss-reactive ketones (excluding diaryl/α,β-unsaturated/α-hetero) is 1. The van der Waals surface area contributed by atoms with E-state index in [-0.39, 0.29) is 35.0 Å². The molecule has 1 atom stereocenters. The average Bonchev–Trinajstić information content (AvgIpc) is 2.38. The number of carbonyl (C=O) groups excluding carboxylic acids is 1. The van der Waals surface area contributed by atoms with Crippen molar-refractivity contribution >= 4 is 5.78 Å². The Hall–Kier alpha value is -2.67. The lowest BCUT2D eigenvalue weighted by Crippen LogP contribution is -2.18. The van der Waals surface area contributed by atoms with Gasteiger partial charge in [-0.1, -0.05) is 18.1 Å². The molecule has 0 spiro atoms. The van der Waals surface area contributed by atoms with Gasteiger partial charge < -0.3 is 14.9 Å². The molecule has 0 saturated heterocycles. The van der Waals surface area contributed by atoms with E-state index in [4.69, 9.17) is 11.2 Å². The molecule has 0 aromatic heterocycles. The molecule has 20 heavy (non-hydrogen) atoms. The lowest BCUT2D eigenvalue weighted by molar-refractivity contribution is -0.114. The molecule has 4 heteroatoms. The molecule has 0 amide bonds. The molecule has 1 aliphatic rings. The number of ketones is 1. The lowest BCUT2D eigenvalue weighted by atomic mass is 9.97. The molecule has 1 aliphatic heterocycles. The SMILES string of the molecule is C#C/C=C1/OC(c2ccc(O)cc2)CC(O)=C1C(C)=O. The van der Waals surface area contributed by atoms with Gasteiger partial charge in [-0.2, -0.15) is 0 Å². The predicted octanol–water partition coefficient (Wildman–Crippen LogP) is 2.77. The zero-order chi connectivity index (χ0) is 14.7. The normalized spacial score (nSPS) is 20.4. The van der Waals surface area contributed by atoms with Crippen LogP contribution in [-0.2, 0) is 9.53 Å². The summed E-state index contributed by atoms with van der Waals surface area (Å²) in [5, 5.41) is 19.3. The number of aliphatic hydroxyl groups excluding tert-OH is 1. The van der Waals surface area contributed by atoms with Crippen LogP contribution in [-0.4, -0.2) is 16.0 Å². The van der Waals surface area contributed by atoms with E-state index in [9.17, 15) is 15.0 Å². The minimum atomic E-state index is -0.446. The van der Waals surface area contributed by atoms with Crippen LogP contribution in [0.3, 0.4) is 0 Å². The third kappa shape index (κ3) is 2.67. The van der Waals surface area contributed by atoms with Gasteiger partial charge in [-0.15, -0.1) is 6.42 Å². The number of hydrogen-bond acceptors (Lipinski definition) is 4. The Bertz CT molecular complexity index is 629. The zero-order valence-corrected chi connectivity index (χ0v) is 11.0. The molecule has 1 unspecified atom stereocenters. The fourth-order valence-corrected chi connectivity index (χ4v) is 2.11. The van der Waals surface area contributed by atoms with E-state index in [1.54, 1.807) is 12.1 Å². The molecule has 1 aromatic rings. The van der Waals surface area contributed by atoms with E-state index in [1.807, 2.05) is 0 Å². The van der Waals surface area contributed by atoms with Gasteiger partial charge in [0, 0.05) is 12.5 Å². The molecule has 0 radical (unpaired) electrons. The maximum atomic E-state index is 11.5. The monoisotopic (exact) mass is 270 g/mol. The smallest absolute Gasteiger partial charge is 0.166 e. The van der Waals surface area contributed by atoms with Crippen LogP contribution in [0.15, 0.2) is 47.4 Å². The number of carbonyl (C=O) groups is 1. The fraction of sp³-hybridized carbons (Fsp3) is 0.188. The molecule has 102 valence electrons. The first kappa shape index (κ1) is 13.8. The summed E-state index contributed by atoms with van der Waals surface area (Å²) < 4.78 is 5.70. The summed E-state index contributed by atoms with van der Waals surface area (Å²) in [5.74, 6) is 2.31. The van der Waals surface area contributed by atoms with Crippen molar-refractivity contribution in [1.82, 2.24) is 0 Å². The minimum Gasteiger partial charge on any atom is -0.511 e. The Morgan fingerprint density at radius 3 is 2.60 bits per heavy atom. The van der Waals surface area contributed by atoms with Crippen molar-refractivity contribution in [3.05, 3.63) is 53.0 Å². The van der Waals surface area contributed by atoms with Gasteiger partial charge in [-0.3, -0.25) is 4.79 Å². The third-order valence-corrected chi connectivity index (χ3v) is 3.01. The second-order valence-corrected chi connectivity index (χ2v) is 4.46. The van der Waals surface area contributed by atoms with Gasteiger partial charge in [-0.25, -0.2) is 0 Å². The van der Waals surface area contributed by atoms with Crippen molar-refractivity contribution in [2.75, 3.05) is 0 Å². The van der Waals surface area contributed by atoms with E-state index < -0.39 is 6.10 Å². The maximum Gasteiger partial charge on any atom is 0.166 e. The highest BCUT2D eigenvalue weighted by Gasteiger charge is 2.29. The van der Waals surface area contributed by atoms with Gasteiger partial charge in [0.2, 0.25) is 0 Å². The van der Waals surface area contributed by atoms with Crippen molar-refractivity contribution in [3.8, 4) is 18.1 Å². The Kier molecular flexibility index (Phi) is 3.81. The molecule has 2 N–H and O–H groups in total. The summed E-state index contributed by atoms with van der Waals surface area (Å²) in [6.45, 7) is 1.35. The Labute approximate surface area is 117 Å². The van der Waals surface area contributed by atoms with Crippen LogP contribution in [0.4, 0.5) is 0 Å². The van der Waals surface area contributed by atoms with E-state index in [2.05, 4.69) is 5.92 Å². The van der Waals surface area contributed by atoms with E-state index >= 15 is 0 Å². The molecule has 0 bridgehead atoms. The second kappa shape index (κ2) is 5.54. The van der Waals surface area contributed by atoms with E-state index in [0.717, 1.165) is 5.56 Å². The number of terminal acetylenes is 1. The van der Waals surface area contributed by atoms with E-state index in [1.165, 1.54) is 25.1 Å². The topological polar surface area (TPSA) is 66.8 Å². The molecular weight excluding hydrogens is 256 g/mol. The van der Waals surface area contributed by atoms with Crippen molar-refractivity contribution in [3.63, 3.8) is 0 Å². The first-order valence-corrected chi connectivity index (χ1v) is 6.08. The Morgan fingerprint density at radius 1 is 1.40 bits per heavy atom. The highest BCUT2D eigenvalue weighted by molar-refractivity contribution is 5.97. The number of phenolic OH excluding ortho intramolecular Hbond substituents is 1. The molecule has 0 saturated carbocycles. The van der Waals surface area contributed by atoms with Crippen molar-refractivity contribution in [2.45, 2.75) is 19.4 Å². The molecule has 1 aromatic carbocycles. The maximum absolute atomic E-state index is 11.5. The molecule has 4 nitrogen and oxygen atoms in total. The Balaban J connectivity index is 2.39. The van der Waals surface area contributed by atoms with Crippen LogP contribution in [0.2, 0.25) is 0 Å². The van der Waals surface area contributed by atoms with Gasteiger partial charge in [0.25, 0.3) is 0 Å². The van der Waals surface area contributed by atoms with Crippen LogP contribution in [0.25, 0.3) is 0 Å². The van der Waals surface area contributed by atoms with Gasteiger partial charge >= 0.3 is 0 Å². The largest absolute Gasteiger partial charge is 0.511 e. The predicted molar refractivity (Wildman–Crippen MR) is 73.8 cm³/mol. The molecule has 0 fully saturated rings. The van der Waals surface area contributed by atoms with Gasteiger partial charge in [0.05, 0.1) is 5.57 Å². The number of allylic oxidation sites excluding steroid dienone is 2. The van der Waals surface area contributed by atoms with Crippen LogP contribution in [0, 0.1) is 12.3 Å². The van der Waals surface area contributed by atoms with Crippen LogP contribution >= 0.6 is 0 Å². The minimum absolute atomic E-state index is 0.0386. The number of ether oxygens (including phenoxy) is 1. The first-order valence-electron chi connectivity index (χ1n) is 6.08. The number of aromatic hydroxyl groups is 1. The van der Waals surface area contributed by atoms with Gasteiger partial charge in [0.1, 0.15) is 23.4 Å². The fourth-order valence-electron chi connectivity index (χ4n) is 2.11. The quantitative estimate of drug-likeness (QED) is 0.811. The van der Waals surface area contributed by atoms with Crippen molar-refractivity contribution in [1.29, 1.82) is 0 Å². The van der Waals surface area contributed by atoms with Crippen LogP contribution in [0.1, 0.15) is 25.0 Å². The summed E-state index contributed by atoms with van der Waals surface area (Å²) in [5.41, 5.74) is 0.901. The standard InChI is InChI=1S/C16H14O4/c1-3-4-14-16(10(2)17)13(19)9-15(20-14)11-5-7-12(18)8-6-11/h1,4-8,15,18-19H,9H2,2H3/b14-4+. The highest BCUT2D eigenvalue weighted by Crippen LogP contribution is 2.36. The zero-order valence-electron chi connectivity index (χ0n) is 11.0. The second-order valence-electron chi connectivity index (χ2n) is 4.46. The summed E-state index contributed by atoms with van der Waals surface area (Å²) in [6, 6.07) is 6.45. The summed E-state index contributed by atoms with van der Waals surface area (Å²) in [6.07, 6.45) is 6.27. The molecular formula is C16H14O4. The number of phenols is 1. The average molecular weight is 270 g/mol. The van der Waals surface area contributed by atoms with Crippen molar-refractivity contribution < 1.29 is 19.7 Å². The number of aliphatic hydroxyl groups is 1. The van der Waals surface area contributed by atoms with E-state index in [0.29, 0.717) is 0 Å². The first-order chi connectivity index (χ1) is 9.52. The highest BCUT2D eigenvalue weighted by atomic mass is 16.5. The Morgan fingerprint density at radius 2 is 2.05 bits per heavy atom. The van der Waals surface area contributed by atoms with Crippen LogP contribution < -0.4 is 0 Å². The molecule has 0 aliphatic carbocycles. The summed E-state index contributed by atoms with van der Waals surface area (Å²) >= 11 is 0. The molecule has 1 heterocycles. The third-order valence-electron chi connectivity index (χ3n) is 3.01. The van der Waals surface area contributed by atoms with Crippen LogP contribution in [0.5, 0.6) is 5.75 Å². The van der Waals surface area contributed by atoms with Gasteiger partial charge in [-0.05, 0) is 24.6 Å². The number of rotatable bonds is 2. The van der Waals surface area contributed by atoms with Crippen molar-refractivity contribution in [2.24, 2.45) is 0 Å². The summed E-state index contributed by atoms with van der Waals surface area (Å²) in [7, 11) is 0. The lowest BCUT2D eigenvalue weighted by Gasteiger charge is -2.27. The van der Waals surface area contributed by atoms with Gasteiger partial charge in [0.15, 0.2) is 5.78 Å². The number of benzene rings is 1.